The Morgan fingerprint density at radius 3 is 2.58 bits per heavy atom. The van der Waals surface area contributed by atoms with Crippen LogP contribution in [-0.2, 0) is 6.42 Å². The molecule has 11 nitrogen and oxygen atoms in total. The fourth-order valence-corrected chi connectivity index (χ4v) is 5.79. The average molecular weight is 553 g/mol. The largest absolute Gasteiger partial charge is 0.489 e. The molecule has 0 bridgehead atoms. The lowest BCUT2D eigenvalue weighted by atomic mass is 9.93. The summed E-state index contributed by atoms with van der Waals surface area (Å²) in [5.41, 5.74) is 8.37. The number of ether oxygens (including phenoxy) is 1. The molecule has 0 unspecified atom stereocenters. The Bertz CT molecular complexity index is 1160. The van der Waals surface area contributed by atoms with Crippen molar-refractivity contribution in [3.63, 3.8) is 0 Å². The first-order valence-corrected chi connectivity index (χ1v) is 14.7. The van der Waals surface area contributed by atoms with Gasteiger partial charge in [0, 0.05) is 50.5 Å². The van der Waals surface area contributed by atoms with Crippen LogP contribution in [0.2, 0.25) is 0 Å². The zero-order chi connectivity index (χ0) is 28.1. The molecule has 1 aliphatic carbocycles. The number of aromatic nitrogens is 2. The van der Waals surface area contributed by atoms with Gasteiger partial charge in [0.2, 0.25) is 0 Å². The van der Waals surface area contributed by atoms with Gasteiger partial charge in [0.25, 0.3) is 5.91 Å². The summed E-state index contributed by atoms with van der Waals surface area (Å²) in [6, 6.07) is 6.21. The van der Waals surface area contributed by atoms with E-state index in [1.54, 1.807) is 0 Å². The van der Waals surface area contributed by atoms with Gasteiger partial charge in [-0.3, -0.25) is 4.79 Å². The van der Waals surface area contributed by atoms with Crippen LogP contribution in [0, 0.1) is 0 Å². The van der Waals surface area contributed by atoms with Crippen molar-refractivity contribution in [2.75, 3.05) is 75.0 Å². The second-order valence-electron chi connectivity index (χ2n) is 11.2. The molecule has 3 aliphatic rings. The smallest absolute Gasteiger partial charge is 0.271 e. The molecule has 40 heavy (non-hydrogen) atoms. The fourth-order valence-electron chi connectivity index (χ4n) is 5.79. The molecular weight excluding hydrogens is 508 g/mol. The molecule has 0 atom stereocenters. The van der Waals surface area contributed by atoms with Gasteiger partial charge in [-0.15, -0.1) is 0 Å². The van der Waals surface area contributed by atoms with Gasteiger partial charge < -0.3 is 40.9 Å². The maximum absolute atomic E-state index is 12.3. The van der Waals surface area contributed by atoms with Crippen molar-refractivity contribution in [3.05, 3.63) is 29.6 Å². The van der Waals surface area contributed by atoms with E-state index in [1.807, 2.05) is 19.1 Å². The van der Waals surface area contributed by atoms with E-state index in [0.29, 0.717) is 30.4 Å². The van der Waals surface area contributed by atoms with Crippen molar-refractivity contribution < 1.29 is 14.6 Å². The van der Waals surface area contributed by atoms with Crippen molar-refractivity contribution in [1.29, 1.82) is 0 Å². The summed E-state index contributed by atoms with van der Waals surface area (Å²) in [5, 5.41) is 16.7. The number of nitrogens with one attached hydrogen (secondary N) is 2. The Labute approximate surface area is 237 Å². The van der Waals surface area contributed by atoms with Crippen LogP contribution < -0.4 is 26.0 Å². The molecule has 11 heteroatoms. The summed E-state index contributed by atoms with van der Waals surface area (Å²) in [7, 11) is 2.19. The lowest BCUT2D eigenvalue weighted by Crippen LogP contribution is -2.45. The van der Waals surface area contributed by atoms with Crippen LogP contribution in [0.15, 0.2) is 18.2 Å². The topological polar surface area (TPSA) is 132 Å². The molecule has 5 rings (SSSR count). The number of amides is 1. The molecular formula is C29H44N8O3. The number of primary amides is 1. The lowest BCUT2D eigenvalue weighted by Gasteiger charge is -2.34. The average Bonchev–Trinajstić information content (AvgIpc) is 2.95. The standard InChI is InChI=1S/C29H44N8O3/c1-3-23-28(31-20-5-8-22(38)9-6-20)34-29(26(33-23)27(30)39)32-21-7-10-24-25(19-21)40-18-17-37(24)12-4-11-36-15-13-35(2)14-16-36/h7,10,19-20,22,38H,3-6,8-9,11-18H2,1-2H3,(H2,30,39)(H2,31,32,34). The van der Waals surface area contributed by atoms with E-state index in [2.05, 4.69) is 43.4 Å². The van der Waals surface area contributed by atoms with Crippen LogP contribution in [0.1, 0.15) is 55.2 Å². The maximum Gasteiger partial charge on any atom is 0.271 e. The number of carbonyl (C=O) groups excluding carboxylic acids is 1. The predicted molar refractivity (Wildman–Crippen MR) is 158 cm³/mol. The summed E-state index contributed by atoms with van der Waals surface area (Å²) >= 11 is 0. The summed E-state index contributed by atoms with van der Waals surface area (Å²) in [6.07, 6.45) is 4.74. The molecule has 1 aromatic heterocycles. The molecule has 3 heterocycles. The van der Waals surface area contributed by atoms with Crippen LogP contribution >= 0.6 is 0 Å². The first-order chi connectivity index (χ1) is 19.4. The highest BCUT2D eigenvalue weighted by Gasteiger charge is 2.24. The van der Waals surface area contributed by atoms with Crippen LogP contribution in [0.3, 0.4) is 0 Å². The van der Waals surface area contributed by atoms with Crippen molar-refractivity contribution in [1.82, 2.24) is 19.8 Å². The Hall–Kier alpha value is -3.15. The molecule has 1 aromatic carbocycles. The third kappa shape index (κ3) is 6.94. The fraction of sp³-hybridized carbons (Fsp3) is 0.621. The van der Waals surface area contributed by atoms with Gasteiger partial charge >= 0.3 is 0 Å². The van der Waals surface area contributed by atoms with Crippen LogP contribution in [0.5, 0.6) is 5.75 Å². The number of carbonyl (C=O) groups is 1. The van der Waals surface area contributed by atoms with E-state index in [9.17, 15) is 9.90 Å². The number of anilines is 4. The summed E-state index contributed by atoms with van der Waals surface area (Å²) in [6.45, 7) is 10.1. The summed E-state index contributed by atoms with van der Waals surface area (Å²) in [5.74, 6) is 1.16. The highest BCUT2D eigenvalue weighted by molar-refractivity contribution is 5.96. The van der Waals surface area contributed by atoms with Crippen LogP contribution in [0.25, 0.3) is 0 Å². The van der Waals surface area contributed by atoms with Gasteiger partial charge in [-0.05, 0) is 64.3 Å². The van der Waals surface area contributed by atoms with E-state index >= 15 is 0 Å². The SMILES string of the molecule is CCc1nc(C(N)=O)c(Nc2ccc3c(c2)OCCN3CCCN2CCN(C)CC2)nc1NC1CCC(O)CC1. The number of aliphatic hydroxyl groups excluding tert-OH is 1. The third-order valence-electron chi connectivity index (χ3n) is 8.25. The van der Waals surface area contributed by atoms with Gasteiger partial charge in [-0.1, -0.05) is 6.92 Å². The van der Waals surface area contributed by atoms with Gasteiger partial charge in [0.1, 0.15) is 18.2 Å². The molecule has 0 radical (unpaired) electrons. The Morgan fingerprint density at radius 1 is 1.07 bits per heavy atom. The number of benzene rings is 1. The van der Waals surface area contributed by atoms with Gasteiger partial charge in [0.05, 0.1) is 24.0 Å². The molecule has 218 valence electrons. The minimum absolute atomic E-state index is 0.116. The number of nitrogens with zero attached hydrogens (tertiary/aromatic N) is 5. The Kier molecular flexibility index (Phi) is 9.23. The van der Waals surface area contributed by atoms with Crippen molar-refractivity contribution in [3.8, 4) is 5.75 Å². The minimum atomic E-state index is -0.627. The van der Waals surface area contributed by atoms with Crippen LogP contribution in [0.4, 0.5) is 23.0 Å². The number of aliphatic hydroxyl groups is 1. The van der Waals surface area contributed by atoms with Crippen molar-refractivity contribution in [2.24, 2.45) is 5.73 Å². The van der Waals surface area contributed by atoms with E-state index in [1.165, 1.54) is 0 Å². The second-order valence-corrected chi connectivity index (χ2v) is 11.2. The molecule has 1 saturated heterocycles. The van der Waals surface area contributed by atoms with Crippen molar-refractivity contribution >= 4 is 28.9 Å². The van der Waals surface area contributed by atoms with E-state index < -0.39 is 5.91 Å². The monoisotopic (exact) mass is 552 g/mol. The first-order valence-electron chi connectivity index (χ1n) is 14.7. The third-order valence-corrected chi connectivity index (χ3v) is 8.25. The summed E-state index contributed by atoms with van der Waals surface area (Å²) in [4.78, 5) is 29.0. The number of rotatable bonds is 10. The second kappa shape index (κ2) is 13.0. The number of nitrogens with two attached hydrogens (primary N) is 1. The van der Waals surface area contributed by atoms with Gasteiger partial charge in [0.15, 0.2) is 11.5 Å². The minimum Gasteiger partial charge on any atom is -0.489 e. The van der Waals surface area contributed by atoms with Crippen molar-refractivity contribution in [2.45, 2.75) is 57.6 Å². The molecule has 2 fully saturated rings. The number of hydrogen-bond donors (Lipinski definition) is 4. The molecule has 1 amide bonds. The number of likely N-dealkylation sites (N-methyl/N-ethyl adjacent to an activating group) is 1. The van der Waals surface area contributed by atoms with Crippen LogP contribution in [-0.4, -0.2) is 102 Å². The predicted octanol–water partition coefficient (Wildman–Crippen LogP) is 2.43. The number of hydrogen-bond acceptors (Lipinski definition) is 10. The highest BCUT2D eigenvalue weighted by Crippen LogP contribution is 2.35. The van der Waals surface area contributed by atoms with E-state index in [0.717, 1.165) is 95.0 Å². The zero-order valence-corrected chi connectivity index (χ0v) is 23.9. The number of aryl methyl sites for hydroxylation is 1. The van der Waals surface area contributed by atoms with Gasteiger partial charge in [-0.2, -0.15) is 0 Å². The quantitative estimate of drug-likeness (QED) is 0.348. The molecule has 5 N–H and O–H groups in total. The Morgan fingerprint density at radius 2 is 1.85 bits per heavy atom. The zero-order valence-electron chi connectivity index (χ0n) is 23.9. The van der Waals surface area contributed by atoms with E-state index in [4.69, 9.17) is 15.5 Å². The Balaban J connectivity index is 1.28. The van der Waals surface area contributed by atoms with E-state index in [-0.39, 0.29) is 17.8 Å². The molecule has 2 aromatic rings. The first kappa shape index (κ1) is 28.4. The molecule has 2 aliphatic heterocycles. The number of piperazine rings is 1. The molecule has 0 spiro atoms. The summed E-state index contributed by atoms with van der Waals surface area (Å²) < 4.78 is 6.03. The molecule has 1 saturated carbocycles. The lowest BCUT2D eigenvalue weighted by molar-refractivity contribution is 0.0996. The highest BCUT2D eigenvalue weighted by atomic mass is 16.5. The maximum atomic E-state index is 12.3. The number of fused-ring (bicyclic) bond motifs is 1. The van der Waals surface area contributed by atoms with Gasteiger partial charge in [-0.25, -0.2) is 9.97 Å². The normalized spacial score (nSPS) is 21.9.